The Hall–Kier alpha value is 0.250. The molecule has 0 aromatic carbocycles. The van der Waals surface area contributed by atoms with Crippen molar-refractivity contribution in [1.82, 2.24) is 0 Å². The number of hydrogen-bond acceptors (Lipinski definition) is 0. The average molecular weight is 432 g/mol. The SMILES string of the molecule is CCCCCCCCCCCCCC(CCCCCCCCCC)[N+](C)(C)C.[Cl-]. The first-order chi connectivity index (χ1) is 13.5. The van der Waals surface area contributed by atoms with Crippen LogP contribution in [0.4, 0.5) is 0 Å². The fraction of sp³-hybridized carbons (Fsp3) is 1.00. The van der Waals surface area contributed by atoms with Crippen LogP contribution in [0, 0.1) is 0 Å². The molecule has 2 heteroatoms. The second kappa shape index (κ2) is 22.9. The van der Waals surface area contributed by atoms with E-state index < -0.39 is 0 Å². The molecule has 0 amide bonds. The van der Waals surface area contributed by atoms with Crippen molar-refractivity contribution in [1.29, 1.82) is 0 Å². The van der Waals surface area contributed by atoms with Crippen molar-refractivity contribution < 1.29 is 16.9 Å². The lowest BCUT2D eigenvalue weighted by Gasteiger charge is -2.34. The number of hydrogen-bond donors (Lipinski definition) is 0. The van der Waals surface area contributed by atoms with Gasteiger partial charge in [-0.2, -0.15) is 0 Å². The zero-order valence-electron chi connectivity index (χ0n) is 21.3. The van der Waals surface area contributed by atoms with E-state index in [9.17, 15) is 0 Å². The fourth-order valence-corrected chi connectivity index (χ4v) is 4.48. The molecule has 0 bridgehead atoms. The lowest BCUT2D eigenvalue weighted by atomic mass is 9.98. The van der Waals surface area contributed by atoms with Crippen LogP contribution in [0.1, 0.15) is 149 Å². The molecule has 0 saturated carbocycles. The van der Waals surface area contributed by atoms with Crippen LogP contribution < -0.4 is 12.4 Å². The fourth-order valence-electron chi connectivity index (χ4n) is 4.48. The third kappa shape index (κ3) is 22.8. The molecular weight excluding hydrogens is 374 g/mol. The second-order valence-electron chi connectivity index (χ2n) is 10.4. The Labute approximate surface area is 192 Å². The van der Waals surface area contributed by atoms with Crippen LogP contribution in [0.15, 0.2) is 0 Å². The molecule has 0 radical (unpaired) electrons. The van der Waals surface area contributed by atoms with Crippen molar-refractivity contribution in [2.45, 2.75) is 155 Å². The molecule has 1 nitrogen and oxygen atoms in total. The zero-order valence-corrected chi connectivity index (χ0v) is 22.0. The van der Waals surface area contributed by atoms with E-state index >= 15 is 0 Å². The monoisotopic (exact) mass is 431 g/mol. The summed E-state index contributed by atoms with van der Waals surface area (Å²) in [5.74, 6) is 0. The second-order valence-corrected chi connectivity index (χ2v) is 10.4. The molecule has 0 aliphatic heterocycles. The summed E-state index contributed by atoms with van der Waals surface area (Å²) >= 11 is 0. The van der Waals surface area contributed by atoms with Gasteiger partial charge in [0.1, 0.15) is 0 Å². The minimum atomic E-state index is 0. The highest BCUT2D eigenvalue weighted by atomic mass is 35.5. The van der Waals surface area contributed by atoms with Gasteiger partial charge in [0.25, 0.3) is 0 Å². The van der Waals surface area contributed by atoms with Crippen molar-refractivity contribution in [3.8, 4) is 0 Å². The van der Waals surface area contributed by atoms with Crippen LogP contribution >= 0.6 is 0 Å². The Balaban J connectivity index is 0. The van der Waals surface area contributed by atoms with Gasteiger partial charge >= 0.3 is 0 Å². The predicted molar refractivity (Wildman–Crippen MR) is 130 cm³/mol. The highest BCUT2D eigenvalue weighted by Crippen LogP contribution is 2.21. The molecule has 0 aromatic heterocycles. The van der Waals surface area contributed by atoms with E-state index in [2.05, 4.69) is 35.0 Å². The molecule has 1 unspecified atom stereocenters. The van der Waals surface area contributed by atoms with Gasteiger partial charge in [-0.25, -0.2) is 0 Å². The van der Waals surface area contributed by atoms with Gasteiger partial charge in [0, 0.05) is 0 Å². The Morgan fingerprint density at radius 1 is 0.414 bits per heavy atom. The third-order valence-corrected chi connectivity index (χ3v) is 6.63. The largest absolute Gasteiger partial charge is 1.00 e. The summed E-state index contributed by atoms with van der Waals surface area (Å²) in [6.07, 6.45) is 30.5. The van der Waals surface area contributed by atoms with Gasteiger partial charge in [-0.05, 0) is 25.7 Å². The van der Waals surface area contributed by atoms with Crippen molar-refractivity contribution in [2.24, 2.45) is 0 Å². The molecule has 0 spiro atoms. The van der Waals surface area contributed by atoms with Gasteiger partial charge in [-0.15, -0.1) is 0 Å². The Morgan fingerprint density at radius 3 is 0.897 bits per heavy atom. The van der Waals surface area contributed by atoms with Gasteiger partial charge in [0.2, 0.25) is 0 Å². The average Bonchev–Trinajstić information content (AvgIpc) is 2.65. The molecule has 0 fully saturated rings. The summed E-state index contributed by atoms with van der Waals surface area (Å²) in [6.45, 7) is 4.61. The van der Waals surface area contributed by atoms with Crippen LogP contribution in [0.25, 0.3) is 0 Å². The number of quaternary nitrogens is 1. The minimum absolute atomic E-state index is 0. The first-order valence-electron chi connectivity index (χ1n) is 13.3. The highest BCUT2D eigenvalue weighted by molar-refractivity contribution is 4.60. The van der Waals surface area contributed by atoms with Crippen LogP contribution in [0.5, 0.6) is 0 Å². The highest BCUT2D eigenvalue weighted by Gasteiger charge is 2.22. The smallest absolute Gasteiger partial charge is 0.0884 e. The molecule has 0 aromatic rings. The zero-order chi connectivity index (χ0) is 20.9. The van der Waals surface area contributed by atoms with E-state index in [1.807, 2.05) is 0 Å². The first-order valence-corrected chi connectivity index (χ1v) is 13.3. The third-order valence-electron chi connectivity index (χ3n) is 6.63. The van der Waals surface area contributed by atoms with Crippen molar-refractivity contribution in [3.05, 3.63) is 0 Å². The Bertz CT molecular complexity index is 297. The molecule has 0 aliphatic rings. The Morgan fingerprint density at radius 2 is 0.655 bits per heavy atom. The van der Waals surface area contributed by atoms with Gasteiger partial charge in [-0.3, -0.25) is 0 Å². The number of halogens is 1. The number of rotatable bonds is 22. The summed E-state index contributed by atoms with van der Waals surface area (Å²) < 4.78 is 1.16. The maximum absolute atomic E-state index is 2.41. The number of unbranched alkanes of at least 4 members (excludes halogenated alkanes) is 17. The van der Waals surface area contributed by atoms with Crippen molar-refractivity contribution >= 4 is 0 Å². The van der Waals surface area contributed by atoms with Gasteiger partial charge in [0.05, 0.1) is 27.2 Å². The van der Waals surface area contributed by atoms with Crippen molar-refractivity contribution in [2.75, 3.05) is 21.1 Å². The van der Waals surface area contributed by atoms with Crippen LogP contribution in [0.3, 0.4) is 0 Å². The van der Waals surface area contributed by atoms with E-state index in [-0.39, 0.29) is 12.4 Å². The molecule has 0 saturated heterocycles. The lowest BCUT2D eigenvalue weighted by molar-refractivity contribution is -0.896. The summed E-state index contributed by atoms with van der Waals surface area (Å²) in [5.41, 5.74) is 0. The van der Waals surface area contributed by atoms with E-state index in [4.69, 9.17) is 0 Å². The summed E-state index contributed by atoms with van der Waals surface area (Å²) in [5, 5.41) is 0. The maximum Gasteiger partial charge on any atom is 0.0884 e. The summed E-state index contributed by atoms with van der Waals surface area (Å²) in [6, 6.07) is 0.874. The van der Waals surface area contributed by atoms with E-state index in [1.54, 1.807) is 0 Å². The molecule has 0 N–H and O–H groups in total. The van der Waals surface area contributed by atoms with E-state index in [1.165, 1.54) is 135 Å². The molecule has 0 aliphatic carbocycles. The van der Waals surface area contributed by atoms with Gasteiger partial charge in [-0.1, -0.05) is 123 Å². The standard InChI is InChI=1S/C27H58N.ClH/c1-6-8-10-12-14-16-17-18-20-22-24-26-27(28(3,4)5)25-23-21-19-15-13-11-9-7-2;/h27H,6-26H2,1-5H3;1H/q+1;/p-1. The molecule has 0 rings (SSSR count). The summed E-state index contributed by atoms with van der Waals surface area (Å²) in [4.78, 5) is 0. The molecule has 1 atom stereocenters. The van der Waals surface area contributed by atoms with Gasteiger partial charge in [0.15, 0.2) is 0 Å². The summed E-state index contributed by atoms with van der Waals surface area (Å²) in [7, 11) is 7.23. The van der Waals surface area contributed by atoms with E-state index in [0.29, 0.717) is 0 Å². The topological polar surface area (TPSA) is 0 Å². The first kappa shape index (κ1) is 31.4. The maximum atomic E-state index is 2.41. The molecule has 178 valence electrons. The quantitative estimate of drug-likeness (QED) is 0.139. The van der Waals surface area contributed by atoms with Crippen LogP contribution in [0.2, 0.25) is 0 Å². The number of nitrogens with zero attached hydrogens (tertiary/aromatic N) is 1. The molecule has 0 heterocycles. The lowest BCUT2D eigenvalue weighted by Crippen LogP contribution is -3.00. The van der Waals surface area contributed by atoms with Crippen molar-refractivity contribution in [3.63, 3.8) is 0 Å². The normalized spacial score (nSPS) is 12.7. The predicted octanol–water partition coefficient (Wildman–Crippen LogP) is 6.30. The Kier molecular flexibility index (Phi) is 24.9. The van der Waals surface area contributed by atoms with Crippen LogP contribution in [-0.4, -0.2) is 31.7 Å². The van der Waals surface area contributed by atoms with E-state index in [0.717, 1.165) is 10.5 Å². The molecule has 29 heavy (non-hydrogen) atoms. The minimum Gasteiger partial charge on any atom is -1.00 e. The van der Waals surface area contributed by atoms with Crippen LogP contribution in [-0.2, 0) is 0 Å². The van der Waals surface area contributed by atoms with Gasteiger partial charge < -0.3 is 16.9 Å². The molecular formula is C27H58ClN.